The van der Waals surface area contributed by atoms with E-state index in [4.69, 9.17) is 11.6 Å². The number of likely N-dealkylation sites (tertiary alicyclic amines) is 1. The maximum absolute atomic E-state index is 11.8. The molecule has 22 heavy (non-hydrogen) atoms. The molecule has 0 spiro atoms. The summed E-state index contributed by atoms with van der Waals surface area (Å²) in [6, 6.07) is 7.67. The van der Waals surface area contributed by atoms with E-state index in [1.165, 1.54) is 12.8 Å². The van der Waals surface area contributed by atoms with E-state index in [1.807, 2.05) is 24.3 Å². The first kappa shape index (κ1) is 17.1. The molecule has 1 aliphatic rings. The van der Waals surface area contributed by atoms with Crippen LogP contribution >= 0.6 is 11.6 Å². The summed E-state index contributed by atoms with van der Waals surface area (Å²) in [6.07, 6.45) is 1.82. The van der Waals surface area contributed by atoms with Gasteiger partial charge in [0, 0.05) is 18.1 Å². The highest BCUT2D eigenvalue weighted by atomic mass is 35.5. The summed E-state index contributed by atoms with van der Waals surface area (Å²) in [6.45, 7) is 4.48. The molecule has 2 atom stereocenters. The zero-order valence-electron chi connectivity index (χ0n) is 12.9. The molecule has 0 unspecified atom stereocenters. The lowest BCUT2D eigenvalue weighted by molar-refractivity contribution is 0.185. The molecule has 3 N–H and O–H groups in total. The lowest BCUT2D eigenvalue weighted by Crippen LogP contribution is -2.43. The highest BCUT2D eigenvalue weighted by molar-refractivity contribution is 6.30. The van der Waals surface area contributed by atoms with Crippen LogP contribution < -0.4 is 10.6 Å². The highest BCUT2D eigenvalue weighted by Gasteiger charge is 2.24. The molecule has 2 amide bonds. The van der Waals surface area contributed by atoms with E-state index in [0.717, 1.165) is 18.7 Å². The number of carbonyl (C=O) groups is 1. The topological polar surface area (TPSA) is 64.6 Å². The van der Waals surface area contributed by atoms with Crippen molar-refractivity contribution in [3.8, 4) is 0 Å². The van der Waals surface area contributed by atoms with E-state index in [0.29, 0.717) is 11.6 Å². The van der Waals surface area contributed by atoms with Gasteiger partial charge in [-0.3, -0.25) is 4.90 Å². The third-order valence-electron chi connectivity index (χ3n) is 3.83. The Labute approximate surface area is 136 Å². The number of hydrogen-bond donors (Lipinski definition) is 3. The Balaban J connectivity index is 1.98. The minimum Gasteiger partial charge on any atom is -0.392 e. The number of carbonyl (C=O) groups excluding carboxylic acids is 1. The molecule has 1 saturated heterocycles. The van der Waals surface area contributed by atoms with E-state index in [1.54, 1.807) is 6.92 Å². The van der Waals surface area contributed by atoms with E-state index < -0.39 is 6.10 Å². The first-order chi connectivity index (χ1) is 10.6. The molecule has 0 bridgehead atoms. The number of urea groups is 1. The van der Waals surface area contributed by atoms with Crippen molar-refractivity contribution in [3.05, 3.63) is 34.9 Å². The molecule has 1 fully saturated rings. The molecule has 0 saturated carbocycles. The summed E-state index contributed by atoms with van der Waals surface area (Å²) >= 11 is 6.10. The fourth-order valence-corrected chi connectivity index (χ4v) is 2.92. The second-order valence-electron chi connectivity index (χ2n) is 5.75. The number of benzene rings is 1. The second kappa shape index (κ2) is 8.36. The standard InChI is InChI=1S/C16H24ClN3O2/c1-12(21)10-18-16(22)19-11-15(20-7-2-3-8-20)13-5-4-6-14(17)9-13/h4-6,9,12,15,21H,2-3,7-8,10-11H2,1H3,(H2,18,19,22)/t12-,15-/m1/s1. The first-order valence-corrected chi connectivity index (χ1v) is 8.13. The summed E-state index contributed by atoms with van der Waals surface area (Å²) in [4.78, 5) is 14.2. The van der Waals surface area contributed by atoms with Crippen LogP contribution in [0, 0.1) is 0 Å². The predicted molar refractivity (Wildman–Crippen MR) is 88.1 cm³/mol. The number of hydrogen-bond acceptors (Lipinski definition) is 3. The number of aliphatic hydroxyl groups is 1. The molecule has 5 nitrogen and oxygen atoms in total. The molecule has 0 radical (unpaired) electrons. The number of nitrogens with one attached hydrogen (secondary N) is 2. The van der Waals surface area contributed by atoms with Gasteiger partial charge < -0.3 is 15.7 Å². The van der Waals surface area contributed by atoms with Crippen molar-refractivity contribution in [3.63, 3.8) is 0 Å². The van der Waals surface area contributed by atoms with E-state index in [9.17, 15) is 9.90 Å². The fourth-order valence-electron chi connectivity index (χ4n) is 2.72. The van der Waals surface area contributed by atoms with Crippen molar-refractivity contribution < 1.29 is 9.90 Å². The highest BCUT2D eigenvalue weighted by Crippen LogP contribution is 2.26. The smallest absolute Gasteiger partial charge is 0.314 e. The maximum Gasteiger partial charge on any atom is 0.314 e. The minimum absolute atomic E-state index is 0.124. The van der Waals surface area contributed by atoms with Crippen LogP contribution in [0.5, 0.6) is 0 Å². The summed E-state index contributed by atoms with van der Waals surface area (Å²) < 4.78 is 0. The van der Waals surface area contributed by atoms with Crippen molar-refractivity contribution in [1.82, 2.24) is 15.5 Å². The quantitative estimate of drug-likeness (QED) is 0.751. The van der Waals surface area contributed by atoms with E-state index in [-0.39, 0.29) is 18.6 Å². The van der Waals surface area contributed by atoms with Crippen LogP contribution in [-0.2, 0) is 0 Å². The summed E-state index contributed by atoms with van der Waals surface area (Å²) in [5.74, 6) is 0. The molecule has 1 heterocycles. The average molecular weight is 326 g/mol. The predicted octanol–water partition coefficient (Wildman–Crippen LogP) is 2.16. The third kappa shape index (κ3) is 5.16. The van der Waals surface area contributed by atoms with Gasteiger partial charge in [-0.2, -0.15) is 0 Å². The Morgan fingerprint density at radius 2 is 2.00 bits per heavy atom. The lowest BCUT2D eigenvalue weighted by atomic mass is 10.1. The van der Waals surface area contributed by atoms with Gasteiger partial charge >= 0.3 is 6.03 Å². The Kier molecular flexibility index (Phi) is 6.49. The number of amides is 2. The molecule has 1 aromatic carbocycles. The van der Waals surface area contributed by atoms with Crippen LogP contribution in [0.15, 0.2) is 24.3 Å². The molecular weight excluding hydrogens is 302 g/mol. The second-order valence-corrected chi connectivity index (χ2v) is 6.19. The Hall–Kier alpha value is -1.30. The largest absolute Gasteiger partial charge is 0.392 e. The molecular formula is C16H24ClN3O2. The Morgan fingerprint density at radius 3 is 2.64 bits per heavy atom. The van der Waals surface area contributed by atoms with E-state index in [2.05, 4.69) is 15.5 Å². The van der Waals surface area contributed by atoms with Crippen LogP contribution in [0.25, 0.3) is 0 Å². The Morgan fingerprint density at radius 1 is 1.32 bits per heavy atom. The van der Waals surface area contributed by atoms with Gasteiger partial charge in [0.25, 0.3) is 0 Å². The van der Waals surface area contributed by atoms with Gasteiger partial charge in [0.15, 0.2) is 0 Å². The normalized spacial score (nSPS) is 18.0. The van der Waals surface area contributed by atoms with Gasteiger partial charge in [0.05, 0.1) is 12.1 Å². The molecule has 1 aromatic rings. The first-order valence-electron chi connectivity index (χ1n) is 7.75. The lowest BCUT2D eigenvalue weighted by Gasteiger charge is -2.28. The fraction of sp³-hybridized carbons (Fsp3) is 0.562. The van der Waals surface area contributed by atoms with Gasteiger partial charge in [-0.25, -0.2) is 4.79 Å². The molecule has 0 aromatic heterocycles. The van der Waals surface area contributed by atoms with E-state index >= 15 is 0 Å². The zero-order chi connectivity index (χ0) is 15.9. The molecule has 6 heteroatoms. The number of aliphatic hydroxyl groups excluding tert-OH is 1. The third-order valence-corrected chi connectivity index (χ3v) is 4.06. The molecule has 0 aliphatic carbocycles. The van der Waals surface area contributed by atoms with Gasteiger partial charge in [0.1, 0.15) is 0 Å². The summed E-state index contributed by atoms with van der Waals surface area (Å²) in [7, 11) is 0. The van der Waals surface area contributed by atoms with Crippen LogP contribution in [0.1, 0.15) is 31.4 Å². The molecule has 2 rings (SSSR count). The molecule has 1 aliphatic heterocycles. The number of rotatable bonds is 6. The van der Waals surface area contributed by atoms with Crippen molar-refractivity contribution in [2.45, 2.75) is 31.9 Å². The van der Waals surface area contributed by atoms with Crippen LogP contribution in [-0.4, -0.2) is 48.3 Å². The van der Waals surface area contributed by atoms with Crippen molar-refractivity contribution >= 4 is 17.6 Å². The Bertz CT molecular complexity index is 490. The number of halogens is 1. The minimum atomic E-state index is -0.548. The van der Waals surface area contributed by atoms with Crippen molar-refractivity contribution in [2.75, 3.05) is 26.2 Å². The summed E-state index contributed by atoms with van der Waals surface area (Å²) in [5.41, 5.74) is 1.12. The number of nitrogens with zero attached hydrogens (tertiary/aromatic N) is 1. The summed E-state index contributed by atoms with van der Waals surface area (Å²) in [5, 5.41) is 15.4. The van der Waals surface area contributed by atoms with Crippen molar-refractivity contribution in [1.29, 1.82) is 0 Å². The molecule has 122 valence electrons. The van der Waals surface area contributed by atoms with Crippen LogP contribution in [0.2, 0.25) is 5.02 Å². The van der Waals surface area contributed by atoms with Gasteiger partial charge in [-0.05, 0) is 50.6 Å². The SMILES string of the molecule is C[C@@H](O)CNC(=O)NC[C@H](c1cccc(Cl)c1)N1CCCC1. The van der Waals surface area contributed by atoms with Crippen LogP contribution in [0.4, 0.5) is 4.79 Å². The van der Waals surface area contributed by atoms with Crippen molar-refractivity contribution in [2.24, 2.45) is 0 Å². The average Bonchev–Trinajstić information content (AvgIpc) is 2.99. The van der Waals surface area contributed by atoms with Gasteiger partial charge in [-0.15, -0.1) is 0 Å². The van der Waals surface area contributed by atoms with Gasteiger partial charge in [0.2, 0.25) is 0 Å². The zero-order valence-corrected chi connectivity index (χ0v) is 13.6. The van der Waals surface area contributed by atoms with Gasteiger partial charge in [-0.1, -0.05) is 23.7 Å². The maximum atomic E-state index is 11.8. The monoisotopic (exact) mass is 325 g/mol. The van der Waals surface area contributed by atoms with Crippen LogP contribution in [0.3, 0.4) is 0 Å².